The third-order valence-corrected chi connectivity index (χ3v) is 3.40. The van der Waals surface area contributed by atoms with Crippen molar-refractivity contribution in [2.45, 2.75) is 19.4 Å². The molecule has 1 aromatic rings. The summed E-state index contributed by atoms with van der Waals surface area (Å²) in [7, 11) is 2.18. The molecule has 1 aliphatic heterocycles. The van der Waals surface area contributed by atoms with Crippen molar-refractivity contribution < 1.29 is 4.74 Å². The van der Waals surface area contributed by atoms with E-state index < -0.39 is 0 Å². The highest BCUT2D eigenvalue weighted by Gasteiger charge is 2.26. The van der Waals surface area contributed by atoms with E-state index in [0.29, 0.717) is 5.92 Å². The first-order chi connectivity index (χ1) is 7.81. The first-order valence-corrected chi connectivity index (χ1v) is 6.16. The van der Waals surface area contributed by atoms with Crippen LogP contribution in [-0.2, 0) is 4.74 Å². The Hall–Kier alpha value is -0.860. The average molecular weight is 219 g/mol. The molecule has 0 aliphatic carbocycles. The first-order valence-electron chi connectivity index (χ1n) is 6.16. The highest BCUT2D eigenvalue weighted by Crippen LogP contribution is 2.30. The maximum absolute atomic E-state index is 6.02. The monoisotopic (exact) mass is 219 g/mol. The van der Waals surface area contributed by atoms with Gasteiger partial charge in [0.1, 0.15) is 0 Å². The molecule has 1 heterocycles. The smallest absolute Gasteiger partial charge is 0.0865 e. The van der Waals surface area contributed by atoms with Crippen LogP contribution in [0.1, 0.15) is 25.0 Å². The van der Waals surface area contributed by atoms with E-state index in [1.807, 2.05) is 0 Å². The van der Waals surface area contributed by atoms with Gasteiger partial charge in [-0.05, 0) is 19.0 Å². The Morgan fingerprint density at radius 3 is 2.75 bits per heavy atom. The van der Waals surface area contributed by atoms with Crippen molar-refractivity contribution in [3.05, 3.63) is 35.9 Å². The Labute approximate surface area is 98.2 Å². The fourth-order valence-electron chi connectivity index (χ4n) is 2.41. The van der Waals surface area contributed by atoms with Gasteiger partial charge < -0.3 is 9.64 Å². The van der Waals surface area contributed by atoms with Crippen LogP contribution in [0.3, 0.4) is 0 Å². The van der Waals surface area contributed by atoms with Gasteiger partial charge in [-0.15, -0.1) is 0 Å². The second-order valence-corrected chi connectivity index (χ2v) is 4.63. The van der Waals surface area contributed by atoms with Gasteiger partial charge in [0.2, 0.25) is 0 Å². The van der Waals surface area contributed by atoms with Crippen molar-refractivity contribution in [1.82, 2.24) is 4.90 Å². The van der Waals surface area contributed by atoms with Gasteiger partial charge >= 0.3 is 0 Å². The van der Waals surface area contributed by atoms with Gasteiger partial charge in [0, 0.05) is 19.0 Å². The molecule has 88 valence electrons. The zero-order valence-corrected chi connectivity index (χ0v) is 10.2. The van der Waals surface area contributed by atoms with Gasteiger partial charge in [-0.2, -0.15) is 0 Å². The van der Waals surface area contributed by atoms with Crippen molar-refractivity contribution in [2.75, 3.05) is 26.7 Å². The van der Waals surface area contributed by atoms with Crippen LogP contribution in [0.15, 0.2) is 30.3 Å². The minimum atomic E-state index is 0.274. The van der Waals surface area contributed by atoms with Crippen LogP contribution in [0.5, 0.6) is 0 Å². The Kier molecular flexibility index (Phi) is 3.97. The molecule has 16 heavy (non-hydrogen) atoms. The number of likely N-dealkylation sites (N-methyl/N-ethyl adjacent to an activating group) is 1. The predicted molar refractivity (Wildman–Crippen MR) is 66.4 cm³/mol. The normalized spacial score (nSPS) is 27.6. The number of nitrogens with zero attached hydrogens (tertiary/aromatic N) is 1. The average Bonchev–Trinajstić information content (AvgIpc) is 2.51. The fourth-order valence-corrected chi connectivity index (χ4v) is 2.41. The quantitative estimate of drug-likeness (QED) is 0.758. The van der Waals surface area contributed by atoms with Gasteiger partial charge in [0.15, 0.2) is 0 Å². The molecular formula is C14H21NO. The molecule has 2 heteroatoms. The second kappa shape index (κ2) is 5.46. The summed E-state index contributed by atoms with van der Waals surface area (Å²) in [5.41, 5.74) is 1.32. The molecular weight excluding hydrogens is 198 g/mol. The van der Waals surface area contributed by atoms with Gasteiger partial charge in [0.25, 0.3) is 0 Å². The van der Waals surface area contributed by atoms with E-state index in [1.54, 1.807) is 0 Å². The summed E-state index contributed by atoms with van der Waals surface area (Å²) in [6.45, 7) is 5.27. The van der Waals surface area contributed by atoms with E-state index in [0.717, 1.165) is 19.7 Å². The van der Waals surface area contributed by atoms with E-state index >= 15 is 0 Å². The van der Waals surface area contributed by atoms with Crippen molar-refractivity contribution in [2.24, 2.45) is 5.92 Å². The van der Waals surface area contributed by atoms with E-state index in [1.165, 1.54) is 12.0 Å². The lowest BCUT2D eigenvalue weighted by Gasteiger charge is -2.25. The van der Waals surface area contributed by atoms with E-state index in [-0.39, 0.29) is 6.10 Å². The molecule has 0 amide bonds. The second-order valence-electron chi connectivity index (χ2n) is 4.63. The van der Waals surface area contributed by atoms with Crippen molar-refractivity contribution in [3.8, 4) is 0 Å². The lowest BCUT2D eigenvalue weighted by atomic mass is 9.93. The summed E-state index contributed by atoms with van der Waals surface area (Å²) in [4.78, 5) is 2.37. The lowest BCUT2D eigenvalue weighted by Crippen LogP contribution is -2.26. The number of benzene rings is 1. The summed E-state index contributed by atoms with van der Waals surface area (Å²) in [6, 6.07) is 10.6. The standard InChI is InChI=1S/C14H21NO/c1-3-12-11-15(2)9-10-16-14(12)13-7-5-4-6-8-13/h4-8,12,14H,3,9-11H2,1-2H3/t12-,14+/m1/s1. The molecule has 2 rings (SSSR count). The van der Waals surface area contributed by atoms with Crippen LogP contribution in [-0.4, -0.2) is 31.6 Å². The molecule has 1 aliphatic rings. The Bertz CT molecular complexity index is 312. The predicted octanol–water partition coefficient (Wildman–Crippen LogP) is 2.72. The molecule has 1 fully saturated rings. The summed E-state index contributed by atoms with van der Waals surface area (Å²) in [6.07, 6.45) is 1.44. The Balaban J connectivity index is 2.17. The van der Waals surface area contributed by atoms with Crippen LogP contribution in [0.25, 0.3) is 0 Å². The first kappa shape index (κ1) is 11.6. The van der Waals surface area contributed by atoms with Crippen LogP contribution in [0.4, 0.5) is 0 Å². The van der Waals surface area contributed by atoms with E-state index in [9.17, 15) is 0 Å². The van der Waals surface area contributed by atoms with Crippen LogP contribution in [0, 0.1) is 5.92 Å². The molecule has 1 aromatic carbocycles. The largest absolute Gasteiger partial charge is 0.372 e. The molecule has 2 nitrogen and oxygen atoms in total. The summed E-state index contributed by atoms with van der Waals surface area (Å²) in [5.74, 6) is 0.606. The zero-order valence-electron chi connectivity index (χ0n) is 10.2. The van der Waals surface area contributed by atoms with E-state index in [2.05, 4.69) is 49.2 Å². The van der Waals surface area contributed by atoms with Crippen LogP contribution < -0.4 is 0 Å². The van der Waals surface area contributed by atoms with Gasteiger partial charge in [-0.1, -0.05) is 37.3 Å². The van der Waals surface area contributed by atoms with Crippen molar-refractivity contribution in [1.29, 1.82) is 0 Å². The number of rotatable bonds is 2. The summed E-state index contributed by atoms with van der Waals surface area (Å²) >= 11 is 0. The van der Waals surface area contributed by atoms with Crippen molar-refractivity contribution >= 4 is 0 Å². The van der Waals surface area contributed by atoms with Crippen LogP contribution >= 0.6 is 0 Å². The molecule has 0 spiro atoms. The van der Waals surface area contributed by atoms with Gasteiger partial charge in [-0.25, -0.2) is 0 Å². The maximum Gasteiger partial charge on any atom is 0.0865 e. The topological polar surface area (TPSA) is 12.5 Å². The summed E-state index contributed by atoms with van der Waals surface area (Å²) < 4.78 is 6.02. The molecule has 0 N–H and O–H groups in total. The Morgan fingerprint density at radius 2 is 2.06 bits per heavy atom. The number of hydrogen-bond acceptors (Lipinski definition) is 2. The molecule has 0 saturated carbocycles. The van der Waals surface area contributed by atoms with Crippen molar-refractivity contribution in [3.63, 3.8) is 0 Å². The maximum atomic E-state index is 6.02. The highest BCUT2D eigenvalue weighted by molar-refractivity contribution is 5.18. The Morgan fingerprint density at radius 1 is 1.31 bits per heavy atom. The van der Waals surface area contributed by atoms with Gasteiger partial charge in [0.05, 0.1) is 12.7 Å². The summed E-state index contributed by atoms with van der Waals surface area (Å²) in [5, 5.41) is 0. The zero-order chi connectivity index (χ0) is 11.4. The molecule has 0 bridgehead atoms. The molecule has 0 unspecified atom stereocenters. The molecule has 0 aromatic heterocycles. The third kappa shape index (κ3) is 2.63. The van der Waals surface area contributed by atoms with E-state index in [4.69, 9.17) is 4.74 Å². The third-order valence-electron chi connectivity index (χ3n) is 3.40. The fraction of sp³-hybridized carbons (Fsp3) is 0.571. The number of hydrogen-bond donors (Lipinski definition) is 0. The minimum Gasteiger partial charge on any atom is -0.372 e. The van der Waals surface area contributed by atoms with Gasteiger partial charge in [-0.3, -0.25) is 0 Å². The highest BCUT2D eigenvalue weighted by atomic mass is 16.5. The number of ether oxygens (including phenoxy) is 1. The molecule has 2 atom stereocenters. The molecule has 0 radical (unpaired) electrons. The minimum absolute atomic E-state index is 0.274. The SMILES string of the molecule is CC[C@@H]1CN(C)CCO[C@@H]1c1ccccc1. The molecule has 1 saturated heterocycles. The van der Waals surface area contributed by atoms with Crippen LogP contribution in [0.2, 0.25) is 0 Å². The lowest BCUT2D eigenvalue weighted by molar-refractivity contribution is 0.0295.